The summed E-state index contributed by atoms with van der Waals surface area (Å²) in [6.07, 6.45) is 5.41. The van der Waals surface area contributed by atoms with E-state index in [2.05, 4.69) is 9.97 Å². The third kappa shape index (κ3) is 1.38. The number of hydrogen-bond donors (Lipinski definition) is 0. The largest absolute Gasteiger partial charge is 0.306 e. The number of pyridine rings is 2. The quantitative estimate of drug-likeness (QED) is 0.599. The molecule has 72 valence electrons. The Bertz CT molecular complexity index is 595. The molecule has 0 bridgehead atoms. The molecule has 0 spiro atoms. The first-order valence-corrected chi connectivity index (χ1v) is 4.70. The summed E-state index contributed by atoms with van der Waals surface area (Å²) < 4.78 is 9.32. The van der Waals surface area contributed by atoms with Gasteiger partial charge in [-0.3, -0.25) is 4.98 Å². The standard InChI is InChI=1S/C12H9N3/c1-3-7-13-10(5-1)11-9-15-8-4-2-6-12(15)14-11/h1-9H/i3T. The fourth-order valence-electron chi connectivity index (χ4n) is 1.53. The van der Waals surface area contributed by atoms with Gasteiger partial charge in [-0.1, -0.05) is 12.1 Å². The zero-order chi connectivity index (χ0) is 11.0. The van der Waals surface area contributed by atoms with Crippen molar-refractivity contribution in [3.8, 4) is 11.4 Å². The average molecular weight is 197 g/mol. The molecule has 3 aromatic rings. The Morgan fingerprint density at radius 1 is 1.13 bits per heavy atom. The second kappa shape index (κ2) is 3.20. The molecule has 0 saturated heterocycles. The van der Waals surface area contributed by atoms with Crippen LogP contribution in [0.5, 0.6) is 0 Å². The van der Waals surface area contributed by atoms with Gasteiger partial charge < -0.3 is 4.40 Å². The number of nitrogens with zero attached hydrogens (tertiary/aromatic N) is 3. The molecule has 0 atom stereocenters. The smallest absolute Gasteiger partial charge is 0.137 e. The second-order valence-electron chi connectivity index (χ2n) is 3.24. The van der Waals surface area contributed by atoms with Gasteiger partial charge in [0, 0.05) is 18.6 Å². The van der Waals surface area contributed by atoms with Crippen molar-refractivity contribution < 1.29 is 1.37 Å². The lowest BCUT2D eigenvalue weighted by Crippen LogP contribution is -1.80. The molecule has 0 aromatic carbocycles. The van der Waals surface area contributed by atoms with Crippen LogP contribution in [-0.2, 0) is 0 Å². The van der Waals surface area contributed by atoms with Crippen molar-refractivity contribution in [2.75, 3.05) is 0 Å². The van der Waals surface area contributed by atoms with Crippen molar-refractivity contribution in [3.63, 3.8) is 0 Å². The molecule has 0 unspecified atom stereocenters. The maximum atomic E-state index is 7.37. The Hall–Kier alpha value is -2.16. The molecule has 3 rings (SSSR count). The molecule has 3 heterocycles. The van der Waals surface area contributed by atoms with Crippen LogP contribution in [0, 0.1) is 0 Å². The van der Waals surface area contributed by atoms with Crippen LogP contribution in [0.25, 0.3) is 17.0 Å². The minimum atomic E-state index is 0.410. The van der Waals surface area contributed by atoms with E-state index in [4.69, 9.17) is 1.37 Å². The van der Waals surface area contributed by atoms with Crippen molar-refractivity contribution in [1.82, 2.24) is 14.4 Å². The molecule has 0 aliphatic heterocycles. The SMILES string of the molecule is [3H]c1ccc(-c2cn3ccccc3n2)nc1. The van der Waals surface area contributed by atoms with Gasteiger partial charge in [-0.25, -0.2) is 4.98 Å². The lowest BCUT2D eigenvalue weighted by atomic mass is 10.3. The van der Waals surface area contributed by atoms with E-state index in [1.165, 1.54) is 6.20 Å². The van der Waals surface area contributed by atoms with Gasteiger partial charge >= 0.3 is 0 Å². The van der Waals surface area contributed by atoms with Gasteiger partial charge in [0.1, 0.15) is 11.3 Å². The number of imidazole rings is 1. The highest BCUT2D eigenvalue weighted by Gasteiger charge is 2.03. The summed E-state index contributed by atoms with van der Waals surface area (Å²) in [4.78, 5) is 8.63. The van der Waals surface area contributed by atoms with E-state index in [0.29, 0.717) is 6.04 Å². The van der Waals surface area contributed by atoms with Crippen molar-refractivity contribution in [2.24, 2.45) is 0 Å². The highest BCUT2D eigenvalue weighted by Crippen LogP contribution is 2.15. The number of rotatable bonds is 1. The van der Waals surface area contributed by atoms with Gasteiger partial charge in [0.15, 0.2) is 0 Å². The summed E-state index contributed by atoms with van der Waals surface area (Å²) in [6.45, 7) is 0. The molecule has 3 aromatic heterocycles. The van der Waals surface area contributed by atoms with E-state index in [9.17, 15) is 0 Å². The first-order chi connectivity index (χ1) is 7.83. The van der Waals surface area contributed by atoms with Gasteiger partial charge in [0.25, 0.3) is 0 Å². The van der Waals surface area contributed by atoms with Gasteiger partial charge in [0.05, 0.1) is 7.06 Å². The van der Waals surface area contributed by atoms with Gasteiger partial charge in [0.2, 0.25) is 0 Å². The molecular weight excluding hydrogens is 186 g/mol. The molecule has 15 heavy (non-hydrogen) atoms. The van der Waals surface area contributed by atoms with Gasteiger partial charge in [-0.05, 0) is 24.2 Å². The monoisotopic (exact) mass is 197 g/mol. The lowest BCUT2D eigenvalue weighted by molar-refractivity contribution is 1.19. The number of aromatic nitrogens is 3. The zero-order valence-electron chi connectivity index (χ0n) is 8.96. The molecule has 3 heteroatoms. The van der Waals surface area contributed by atoms with Crippen molar-refractivity contribution in [3.05, 3.63) is 55.0 Å². The summed E-state index contributed by atoms with van der Waals surface area (Å²) in [5.41, 5.74) is 2.51. The third-order valence-electron chi connectivity index (χ3n) is 2.24. The summed E-state index contributed by atoms with van der Waals surface area (Å²) >= 11 is 0. The summed E-state index contributed by atoms with van der Waals surface area (Å²) in [6, 6.07) is 9.79. The number of hydrogen-bond acceptors (Lipinski definition) is 2. The van der Waals surface area contributed by atoms with E-state index in [0.717, 1.165) is 17.0 Å². The summed E-state index contributed by atoms with van der Waals surface area (Å²) in [7, 11) is 0. The van der Waals surface area contributed by atoms with E-state index in [1.807, 2.05) is 41.1 Å². The zero-order valence-corrected chi connectivity index (χ0v) is 7.96. The maximum Gasteiger partial charge on any atom is 0.137 e. The summed E-state index contributed by atoms with van der Waals surface area (Å²) in [5, 5.41) is 0. The minimum Gasteiger partial charge on any atom is -0.306 e. The molecule has 3 nitrogen and oxygen atoms in total. The molecule has 0 aliphatic rings. The van der Waals surface area contributed by atoms with Crippen LogP contribution in [0.15, 0.2) is 55.0 Å². The van der Waals surface area contributed by atoms with Crippen LogP contribution >= 0.6 is 0 Å². The van der Waals surface area contributed by atoms with Crippen LogP contribution in [-0.4, -0.2) is 14.4 Å². The Balaban J connectivity index is 2.15. The molecular formula is C12H9N3. The predicted octanol–water partition coefficient (Wildman–Crippen LogP) is 2.40. The van der Waals surface area contributed by atoms with Crippen LogP contribution in [0.1, 0.15) is 1.37 Å². The van der Waals surface area contributed by atoms with E-state index < -0.39 is 0 Å². The Morgan fingerprint density at radius 3 is 2.93 bits per heavy atom. The fourth-order valence-corrected chi connectivity index (χ4v) is 1.53. The first-order valence-electron chi connectivity index (χ1n) is 5.20. The molecule has 0 fully saturated rings. The van der Waals surface area contributed by atoms with Crippen LogP contribution in [0.2, 0.25) is 0 Å². The highest BCUT2D eigenvalue weighted by molar-refractivity contribution is 5.58. The average Bonchev–Trinajstić information content (AvgIpc) is 2.73. The lowest BCUT2D eigenvalue weighted by Gasteiger charge is -1.91. The predicted molar refractivity (Wildman–Crippen MR) is 58.4 cm³/mol. The van der Waals surface area contributed by atoms with Gasteiger partial charge in [-0.2, -0.15) is 0 Å². The van der Waals surface area contributed by atoms with Crippen LogP contribution < -0.4 is 0 Å². The minimum absolute atomic E-state index is 0.410. The molecule has 0 saturated carbocycles. The molecule has 0 aliphatic carbocycles. The van der Waals surface area contributed by atoms with Crippen molar-refractivity contribution in [2.45, 2.75) is 0 Å². The summed E-state index contributed by atoms with van der Waals surface area (Å²) in [5.74, 6) is 0. The van der Waals surface area contributed by atoms with Crippen molar-refractivity contribution in [1.29, 1.82) is 0 Å². The molecule has 0 N–H and O–H groups in total. The Kier molecular flexibility index (Phi) is 1.53. The Labute approximate surface area is 88.5 Å². The topological polar surface area (TPSA) is 30.2 Å². The maximum absolute atomic E-state index is 7.37. The third-order valence-corrected chi connectivity index (χ3v) is 2.24. The fraction of sp³-hybridized carbons (Fsp3) is 0. The highest BCUT2D eigenvalue weighted by atomic mass is 15.0. The number of fused-ring (bicyclic) bond motifs is 1. The Morgan fingerprint density at radius 2 is 2.13 bits per heavy atom. The van der Waals surface area contributed by atoms with Crippen LogP contribution in [0.3, 0.4) is 0 Å². The normalized spacial score (nSPS) is 11.6. The first kappa shape index (κ1) is 7.17. The molecule has 0 amide bonds. The molecule has 0 radical (unpaired) electrons. The van der Waals surface area contributed by atoms with E-state index >= 15 is 0 Å². The van der Waals surface area contributed by atoms with E-state index in [-0.39, 0.29) is 0 Å². The van der Waals surface area contributed by atoms with E-state index in [1.54, 1.807) is 6.07 Å². The van der Waals surface area contributed by atoms with Crippen molar-refractivity contribution >= 4 is 5.65 Å². The second-order valence-corrected chi connectivity index (χ2v) is 3.24. The van der Waals surface area contributed by atoms with Gasteiger partial charge in [-0.15, -0.1) is 0 Å². The van der Waals surface area contributed by atoms with Crippen LogP contribution in [0.4, 0.5) is 0 Å².